The van der Waals surface area contributed by atoms with Crippen molar-refractivity contribution in [2.24, 2.45) is 0 Å². The van der Waals surface area contributed by atoms with Crippen LogP contribution in [0.25, 0.3) is 6.08 Å². The fourth-order valence-electron chi connectivity index (χ4n) is 2.19. The molecule has 0 fully saturated rings. The summed E-state index contributed by atoms with van der Waals surface area (Å²) in [6, 6.07) is 16.5. The maximum absolute atomic E-state index is 12.6. The lowest BCUT2D eigenvalue weighted by Gasteiger charge is -2.17. The van der Waals surface area contributed by atoms with Gasteiger partial charge in [0.2, 0.25) is 10.0 Å². The summed E-state index contributed by atoms with van der Waals surface area (Å²) >= 11 is 0. The van der Waals surface area contributed by atoms with Crippen molar-refractivity contribution in [1.82, 2.24) is 4.31 Å². The number of sulfonamides is 1. The van der Waals surface area contributed by atoms with Gasteiger partial charge in [-0.2, -0.15) is 9.57 Å². The fourth-order valence-corrected chi connectivity index (χ4v) is 3.34. The van der Waals surface area contributed by atoms with E-state index in [0.29, 0.717) is 5.57 Å². The van der Waals surface area contributed by atoms with E-state index >= 15 is 0 Å². The minimum atomic E-state index is -3.62. The molecule has 2 aromatic carbocycles. The first kappa shape index (κ1) is 17.9. The Kier molecular flexibility index (Phi) is 5.55. The monoisotopic (exact) mass is 340 g/mol. The molecule has 0 amide bonds. The Morgan fingerprint density at radius 2 is 1.54 bits per heavy atom. The molecule has 2 aromatic rings. The van der Waals surface area contributed by atoms with Crippen LogP contribution >= 0.6 is 0 Å². The van der Waals surface area contributed by atoms with Crippen molar-refractivity contribution in [3.05, 3.63) is 70.8 Å². The third-order valence-corrected chi connectivity index (χ3v) is 5.50. The van der Waals surface area contributed by atoms with Crippen LogP contribution in [0.4, 0.5) is 0 Å². The summed E-state index contributed by atoms with van der Waals surface area (Å²) in [5, 5.41) is 9.32. The number of hydrogen-bond acceptors (Lipinski definition) is 3. The van der Waals surface area contributed by atoms with E-state index in [1.807, 2.05) is 38.1 Å². The highest BCUT2D eigenvalue weighted by Gasteiger charge is 2.21. The summed E-state index contributed by atoms with van der Waals surface area (Å²) in [4.78, 5) is 0.225. The summed E-state index contributed by atoms with van der Waals surface area (Å²) in [5.74, 6) is 0. The van der Waals surface area contributed by atoms with E-state index in [4.69, 9.17) is 0 Å². The van der Waals surface area contributed by atoms with E-state index in [1.165, 1.54) is 11.4 Å². The summed E-state index contributed by atoms with van der Waals surface area (Å²) < 4.78 is 26.4. The Balaban J connectivity index is 2.22. The van der Waals surface area contributed by atoms with Crippen LogP contribution in [0.15, 0.2) is 59.0 Å². The lowest BCUT2D eigenvalue weighted by Crippen LogP contribution is -2.28. The molecule has 0 aliphatic carbocycles. The molecule has 2 rings (SSSR count). The van der Waals surface area contributed by atoms with Crippen molar-refractivity contribution in [2.75, 3.05) is 13.6 Å². The van der Waals surface area contributed by atoms with Gasteiger partial charge in [-0.3, -0.25) is 0 Å². The number of nitrogens with zero attached hydrogens (tertiary/aromatic N) is 2. The van der Waals surface area contributed by atoms with Crippen molar-refractivity contribution in [2.45, 2.75) is 18.7 Å². The zero-order chi connectivity index (χ0) is 17.7. The van der Waals surface area contributed by atoms with E-state index < -0.39 is 10.0 Å². The highest BCUT2D eigenvalue weighted by Crippen LogP contribution is 2.17. The van der Waals surface area contributed by atoms with E-state index in [-0.39, 0.29) is 11.4 Å². The summed E-state index contributed by atoms with van der Waals surface area (Å²) in [6.07, 6.45) is 1.71. The predicted octanol–water partition coefficient (Wildman–Crippen LogP) is 3.53. The molecule has 0 radical (unpaired) electrons. The molecule has 0 atom stereocenters. The van der Waals surface area contributed by atoms with Crippen LogP contribution in [0, 0.1) is 25.2 Å². The van der Waals surface area contributed by atoms with Gasteiger partial charge in [-0.25, -0.2) is 8.42 Å². The lowest BCUT2D eigenvalue weighted by molar-refractivity contribution is 0.496. The first-order chi connectivity index (χ1) is 11.3. The molecule has 24 heavy (non-hydrogen) atoms. The molecule has 0 saturated heterocycles. The van der Waals surface area contributed by atoms with E-state index in [2.05, 4.69) is 6.07 Å². The number of aryl methyl sites for hydroxylation is 2. The van der Waals surface area contributed by atoms with Gasteiger partial charge < -0.3 is 0 Å². The summed E-state index contributed by atoms with van der Waals surface area (Å²) in [5.41, 5.74) is 3.38. The van der Waals surface area contributed by atoms with Crippen LogP contribution in [0.5, 0.6) is 0 Å². The van der Waals surface area contributed by atoms with Gasteiger partial charge in [0, 0.05) is 19.2 Å². The van der Waals surface area contributed by atoms with E-state index in [1.54, 1.807) is 30.3 Å². The minimum absolute atomic E-state index is 0.0284. The summed E-state index contributed by atoms with van der Waals surface area (Å²) in [6.45, 7) is 3.92. The number of benzene rings is 2. The molecule has 0 aliphatic rings. The third kappa shape index (κ3) is 4.31. The van der Waals surface area contributed by atoms with Crippen LogP contribution in [0.1, 0.15) is 16.7 Å². The predicted molar refractivity (Wildman–Crippen MR) is 95.8 cm³/mol. The van der Waals surface area contributed by atoms with Crippen LogP contribution in [0.2, 0.25) is 0 Å². The van der Waals surface area contributed by atoms with Crippen LogP contribution in [-0.2, 0) is 10.0 Å². The molecule has 124 valence electrons. The average Bonchev–Trinajstić information content (AvgIpc) is 2.56. The van der Waals surface area contributed by atoms with Gasteiger partial charge in [0.1, 0.15) is 0 Å². The molecule has 4 nitrogen and oxygen atoms in total. The second kappa shape index (κ2) is 7.43. The Morgan fingerprint density at radius 3 is 2.04 bits per heavy atom. The molecule has 0 N–H and O–H groups in total. The maximum Gasteiger partial charge on any atom is 0.243 e. The normalized spacial score (nSPS) is 12.2. The SMILES string of the molecule is Cc1ccc(/C=C(\C#N)CN(C)S(=O)(=O)c2ccc(C)cc2)cc1. The van der Waals surface area contributed by atoms with Gasteiger partial charge in [0.05, 0.1) is 11.0 Å². The molecule has 5 heteroatoms. The fraction of sp³-hybridized carbons (Fsp3) is 0.211. The lowest BCUT2D eigenvalue weighted by atomic mass is 10.1. The highest BCUT2D eigenvalue weighted by molar-refractivity contribution is 7.89. The minimum Gasteiger partial charge on any atom is -0.207 e. The zero-order valence-corrected chi connectivity index (χ0v) is 14.8. The van der Waals surface area contributed by atoms with Gasteiger partial charge in [0.15, 0.2) is 0 Å². The van der Waals surface area contributed by atoms with Crippen LogP contribution in [0.3, 0.4) is 0 Å². The number of rotatable bonds is 5. The maximum atomic E-state index is 12.6. The quantitative estimate of drug-likeness (QED) is 0.782. The van der Waals surface area contributed by atoms with Crippen LogP contribution in [-0.4, -0.2) is 26.3 Å². The number of hydrogen-bond donors (Lipinski definition) is 0. The molecular weight excluding hydrogens is 320 g/mol. The van der Waals surface area contributed by atoms with Crippen molar-refractivity contribution in [3.63, 3.8) is 0 Å². The van der Waals surface area contributed by atoms with Crippen LogP contribution < -0.4 is 0 Å². The van der Waals surface area contributed by atoms with Gasteiger partial charge in [-0.1, -0.05) is 47.5 Å². The first-order valence-electron chi connectivity index (χ1n) is 7.53. The molecule has 0 heterocycles. The second-order valence-electron chi connectivity index (χ2n) is 5.77. The van der Waals surface area contributed by atoms with Gasteiger partial charge in [-0.05, 0) is 37.6 Å². The van der Waals surface area contributed by atoms with Crippen molar-refractivity contribution >= 4 is 16.1 Å². The van der Waals surface area contributed by atoms with Crippen molar-refractivity contribution in [1.29, 1.82) is 5.26 Å². The highest BCUT2D eigenvalue weighted by atomic mass is 32.2. The van der Waals surface area contributed by atoms with E-state index in [0.717, 1.165) is 16.7 Å². The van der Waals surface area contributed by atoms with Crippen molar-refractivity contribution in [3.8, 4) is 6.07 Å². The van der Waals surface area contributed by atoms with E-state index in [9.17, 15) is 13.7 Å². The number of nitriles is 1. The smallest absolute Gasteiger partial charge is 0.207 e. The molecule has 0 bridgehead atoms. The Bertz CT molecular complexity index is 874. The molecule has 0 unspecified atom stereocenters. The van der Waals surface area contributed by atoms with Gasteiger partial charge in [-0.15, -0.1) is 0 Å². The molecule has 0 aromatic heterocycles. The average molecular weight is 340 g/mol. The van der Waals surface area contributed by atoms with Crippen molar-refractivity contribution < 1.29 is 8.42 Å². The zero-order valence-electron chi connectivity index (χ0n) is 14.0. The Morgan fingerprint density at radius 1 is 1.04 bits per heavy atom. The molecular formula is C19H20N2O2S. The largest absolute Gasteiger partial charge is 0.243 e. The summed E-state index contributed by atoms with van der Waals surface area (Å²) in [7, 11) is -2.14. The molecule has 0 aliphatic heterocycles. The Hall–Kier alpha value is -2.42. The first-order valence-corrected chi connectivity index (χ1v) is 8.97. The van der Waals surface area contributed by atoms with Gasteiger partial charge in [0.25, 0.3) is 0 Å². The standard InChI is InChI=1S/C19H20N2O2S/c1-15-4-8-17(9-5-15)12-18(13-20)14-21(3)24(22,23)19-10-6-16(2)7-11-19/h4-12H,14H2,1-3H3/b18-12+. The topological polar surface area (TPSA) is 61.2 Å². The molecule has 0 saturated carbocycles. The third-order valence-electron chi connectivity index (χ3n) is 3.68. The van der Waals surface area contributed by atoms with Gasteiger partial charge >= 0.3 is 0 Å². The number of likely N-dealkylation sites (N-methyl/N-ethyl adjacent to an activating group) is 1. The Labute approximate surface area is 143 Å². The molecule has 0 spiro atoms. The second-order valence-corrected chi connectivity index (χ2v) is 7.81.